The van der Waals surface area contributed by atoms with Crippen LogP contribution >= 0.6 is 0 Å². The molecule has 1 aromatic carbocycles. The number of hydrogen-bond acceptors (Lipinski definition) is 3. The standard InChI is InChI=1S/C10H14N2O3S/c1-12(2)8-11-16(13,14)10-6-4-9(15-3)5-7-10/h4-8H,1-3H3. The molecule has 0 aliphatic heterocycles. The highest BCUT2D eigenvalue weighted by molar-refractivity contribution is 7.90. The van der Waals surface area contributed by atoms with Crippen LogP contribution < -0.4 is 4.74 Å². The first-order chi connectivity index (χ1) is 7.45. The lowest BCUT2D eigenvalue weighted by Crippen LogP contribution is -2.10. The molecule has 1 aromatic rings. The zero-order valence-electron chi connectivity index (χ0n) is 9.41. The molecule has 0 saturated carbocycles. The van der Waals surface area contributed by atoms with E-state index in [1.165, 1.54) is 25.6 Å². The van der Waals surface area contributed by atoms with Crippen LogP contribution in [0.3, 0.4) is 0 Å². The van der Waals surface area contributed by atoms with E-state index in [0.717, 1.165) is 0 Å². The van der Waals surface area contributed by atoms with Crippen molar-refractivity contribution in [3.8, 4) is 5.75 Å². The molecule has 5 nitrogen and oxygen atoms in total. The Kier molecular flexibility index (Phi) is 3.89. The molecule has 0 N–H and O–H groups in total. The molecule has 0 spiro atoms. The molecule has 0 aromatic heterocycles. The second-order valence-corrected chi connectivity index (χ2v) is 4.97. The van der Waals surface area contributed by atoms with Gasteiger partial charge in [0.2, 0.25) is 0 Å². The van der Waals surface area contributed by atoms with Crippen LogP contribution in [0.4, 0.5) is 0 Å². The van der Waals surface area contributed by atoms with E-state index in [1.54, 1.807) is 31.1 Å². The third-order valence-electron chi connectivity index (χ3n) is 1.77. The molecule has 0 heterocycles. The molecule has 0 aliphatic carbocycles. The van der Waals surface area contributed by atoms with Crippen molar-refractivity contribution in [2.75, 3.05) is 21.2 Å². The first-order valence-corrected chi connectivity index (χ1v) is 6.00. The maximum absolute atomic E-state index is 11.7. The summed E-state index contributed by atoms with van der Waals surface area (Å²) in [7, 11) is 1.32. The second kappa shape index (κ2) is 4.98. The smallest absolute Gasteiger partial charge is 0.283 e. The minimum Gasteiger partial charge on any atom is -0.497 e. The fourth-order valence-electron chi connectivity index (χ4n) is 0.965. The van der Waals surface area contributed by atoms with Crippen molar-refractivity contribution in [3.63, 3.8) is 0 Å². The van der Waals surface area contributed by atoms with Gasteiger partial charge >= 0.3 is 0 Å². The summed E-state index contributed by atoms with van der Waals surface area (Å²) in [6.45, 7) is 0. The van der Waals surface area contributed by atoms with Crippen molar-refractivity contribution in [2.45, 2.75) is 4.90 Å². The molecule has 88 valence electrons. The first-order valence-electron chi connectivity index (χ1n) is 4.56. The highest BCUT2D eigenvalue weighted by atomic mass is 32.2. The lowest BCUT2D eigenvalue weighted by Gasteiger charge is -2.04. The van der Waals surface area contributed by atoms with Crippen molar-refractivity contribution in [1.29, 1.82) is 0 Å². The maximum atomic E-state index is 11.7. The van der Waals surface area contributed by atoms with Gasteiger partial charge < -0.3 is 9.64 Å². The molecular weight excluding hydrogens is 228 g/mol. The van der Waals surface area contributed by atoms with Gasteiger partial charge in [-0.15, -0.1) is 4.40 Å². The van der Waals surface area contributed by atoms with Crippen molar-refractivity contribution in [1.82, 2.24) is 4.90 Å². The number of hydrogen-bond donors (Lipinski definition) is 0. The van der Waals surface area contributed by atoms with E-state index in [1.807, 2.05) is 0 Å². The zero-order chi connectivity index (χ0) is 12.2. The van der Waals surface area contributed by atoms with Gasteiger partial charge in [0.15, 0.2) is 0 Å². The summed E-state index contributed by atoms with van der Waals surface area (Å²) in [5, 5.41) is 0. The molecule has 0 radical (unpaired) electrons. The fraction of sp³-hybridized carbons (Fsp3) is 0.300. The lowest BCUT2D eigenvalue weighted by molar-refractivity contribution is 0.414. The molecule has 0 bridgehead atoms. The van der Waals surface area contributed by atoms with Gasteiger partial charge in [0.05, 0.1) is 12.0 Å². The summed E-state index contributed by atoms with van der Waals surface area (Å²) < 4.78 is 31.8. The molecule has 0 atom stereocenters. The highest BCUT2D eigenvalue weighted by Crippen LogP contribution is 2.16. The quantitative estimate of drug-likeness (QED) is 0.583. The van der Waals surface area contributed by atoms with Crippen LogP contribution in [-0.2, 0) is 10.0 Å². The first kappa shape index (κ1) is 12.5. The Balaban J connectivity index is 2.99. The van der Waals surface area contributed by atoms with Crippen molar-refractivity contribution in [3.05, 3.63) is 24.3 Å². The van der Waals surface area contributed by atoms with Crippen molar-refractivity contribution < 1.29 is 13.2 Å². The van der Waals surface area contributed by atoms with Crippen LogP contribution in [0.2, 0.25) is 0 Å². The molecule has 0 unspecified atom stereocenters. The predicted octanol–water partition coefficient (Wildman–Crippen LogP) is 0.974. The summed E-state index contributed by atoms with van der Waals surface area (Å²) in [6.07, 6.45) is 1.25. The predicted molar refractivity (Wildman–Crippen MR) is 62.4 cm³/mol. The van der Waals surface area contributed by atoms with Crippen LogP contribution in [0.5, 0.6) is 5.75 Å². The minimum absolute atomic E-state index is 0.145. The summed E-state index contributed by atoms with van der Waals surface area (Å²) in [4.78, 5) is 1.70. The zero-order valence-corrected chi connectivity index (χ0v) is 10.2. The second-order valence-electron chi connectivity index (χ2n) is 3.34. The summed E-state index contributed by atoms with van der Waals surface area (Å²) >= 11 is 0. The van der Waals surface area contributed by atoms with Gasteiger partial charge in [-0.1, -0.05) is 0 Å². The Bertz CT molecular complexity index is 463. The van der Waals surface area contributed by atoms with Gasteiger partial charge in [0.25, 0.3) is 10.0 Å². The molecule has 0 amide bonds. The number of ether oxygens (including phenoxy) is 1. The van der Waals surface area contributed by atoms with Crippen LogP contribution in [0.15, 0.2) is 33.6 Å². The number of nitrogens with zero attached hydrogens (tertiary/aromatic N) is 2. The van der Waals surface area contributed by atoms with Gasteiger partial charge in [-0.05, 0) is 24.3 Å². The molecule has 1 rings (SSSR count). The Hall–Kier alpha value is -1.56. The van der Waals surface area contributed by atoms with Crippen LogP contribution in [0.1, 0.15) is 0 Å². The number of sulfonamides is 1. The maximum Gasteiger partial charge on any atom is 0.283 e. The average Bonchev–Trinajstić information content (AvgIpc) is 2.27. The third kappa shape index (κ3) is 3.23. The normalized spacial score (nSPS) is 11.7. The number of methoxy groups -OCH3 is 1. The molecular formula is C10H14N2O3S. The van der Waals surface area contributed by atoms with Crippen molar-refractivity contribution >= 4 is 16.4 Å². The fourth-order valence-corrected chi connectivity index (χ4v) is 1.88. The molecule has 0 saturated heterocycles. The largest absolute Gasteiger partial charge is 0.497 e. The van der Waals surface area contributed by atoms with E-state index in [0.29, 0.717) is 5.75 Å². The monoisotopic (exact) mass is 242 g/mol. The van der Waals surface area contributed by atoms with E-state index in [2.05, 4.69) is 4.40 Å². The number of rotatable bonds is 4. The highest BCUT2D eigenvalue weighted by Gasteiger charge is 2.11. The lowest BCUT2D eigenvalue weighted by atomic mass is 10.3. The van der Waals surface area contributed by atoms with E-state index in [-0.39, 0.29) is 4.90 Å². The molecule has 0 fully saturated rings. The minimum atomic E-state index is -3.61. The van der Waals surface area contributed by atoms with E-state index in [4.69, 9.17) is 4.74 Å². The van der Waals surface area contributed by atoms with E-state index >= 15 is 0 Å². The van der Waals surface area contributed by atoms with Gasteiger partial charge in [-0.2, -0.15) is 8.42 Å². The van der Waals surface area contributed by atoms with E-state index < -0.39 is 10.0 Å². The van der Waals surface area contributed by atoms with Gasteiger partial charge in [0, 0.05) is 14.1 Å². The van der Waals surface area contributed by atoms with Gasteiger partial charge in [-0.25, -0.2) is 0 Å². The Morgan fingerprint density at radius 2 is 1.81 bits per heavy atom. The van der Waals surface area contributed by atoms with E-state index in [9.17, 15) is 8.42 Å². The number of benzene rings is 1. The SMILES string of the molecule is COc1ccc(S(=O)(=O)N=CN(C)C)cc1. The molecule has 16 heavy (non-hydrogen) atoms. The van der Waals surface area contributed by atoms with Crippen molar-refractivity contribution in [2.24, 2.45) is 4.40 Å². The molecule has 0 aliphatic rings. The van der Waals surface area contributed by atoms with Crippen LogP contribution in [0, 0.1) is 0 Å². The summed E-state index contributed by atoms with van der Waals surface area (Å²) in [6, 6.07) is 6.08. The Labute approximate surface area is 95.4 Å². The van der Waals surface area contributed by atoms with Crippen LogP contribution in [-0.4, -0.2) is 40.9 Å². The topological polar surface area (TPSA) is 59.0 Å². The summed E-state index contributed by atoms with van der Waals surface area (Å²) in [5.41, 5.74) is 0. The third-order valence-corrected chi connectivity index (χ3v) is 3.01. The molecule has 6 heteroatoms. The van der Waals surface area contributed by atoms with Gasteiger partial charge in [0.1, 0.15) is 12.1 Å². The average molecular weight is 242 g/mol. The Morgan fingerprint density at radius 1 is 1.25 bits per heavy atom. The van der Waals surface area contributed by atoms with Gasteiger partial charge in [-0.3, -0.25) is 0 Å². The Morgan fingerprint density at radius 3 is 2.25 bits per heavy atom. The van der Waals surface area contributed by atoms with Crippen LogP contribution in [0.25, 0.3) is 0 Å². The summed E-state index contributed by atoms with van der Waals surface area (Å²) in [5.74, 6) is 0.607.